The first-order valence-electron chi connectivity index (χ1n) is 7.82. The summed E-state index contributed by atoms with van der Waals surface area (Å²) in [6.07, 6.45) is 2.00. The van der Waals surface area contributed by atoms with Crippen molar-refractivity contribution in [3.8, 4) is 0 Å². The monoisotopic (exact) mass is 334 g/mol. The molecule has 1 aliphatic heterocycles. The van der Waals surface area contributed by atoms with Gasteiger partial charge in [0, 0.05) is 12.6 Å². The Labute approximate surface area is 142 Å². The Hall–Kier alpha value is -1.85. The molecule has 6 heteroatoms. The van der Waals surface area contributed by atoms with Gasteiger partial charge in [0.05, 0.1) is 18.2 Å². The molecule has 0 radical (unpaired) electrons. The highest BCUT2D eigenvalue weighted by Gasteiger charge is 2.22. The van der Waals surface area contributed by atoms with Crippen LogP contribution in [0.2, 0.25) is 0 Å². The summed E-state index contributed by atoms with van der Waals surface area (Å²) in [5.41, 5.74) is 2.08. The van der Waals surface area contributed by atoms with Crippen LogP contribution >= 0.6 is 12.4 Å². The Bertz CT molecular complexity index is 635. The number of benzene rings is 1. The number of aromatic nitrogens is 2. The number of hydrogen-bond donors (Lipinski definition) is 2. The second kappa shape index (κ2) is 8.13. The van der Waals surface area contributed by atoms with Crippen molar-refractivity contribution in [3.63, 3.8) is 0 Å². The molecule has 1 aromatic carbocycles. The van der Waals surface area contributed by atoms with Crippen LogP contribution < -0.4 is 10.6 Å². The third-order valence-corrected chi connectivity index (χ3v) is 4.00. The van der Waals surface area contributed by atoms with Crippen molar-refractivity contribution >= 4 is 24.1 Å². The fraction of sp³-hybridized carbons (Fsp3) is 0.412. The lowest BCUT2D eigenvalue weighted by atomic mass is 9.99. The molecule has 1 amide bonds. The van der Waals surface area contributed by atoms with Crippen molar-refractivity contribution in [1.82, 2.24) is 15.1 Å². The van der Waals surface area contributed by atoms with Crippen LogP contribution in [0.1, 0.15) is 24.1 Å². The first kappa shape index (κ1) is 17.5. The molecule has 0 aliphatic carbocycles. The van der Waals surface area contributed by atoms with Gasteiger partial charge in [0.1, 0.15) is 5.82 Å². The molecular weight excluding hydrogens is 312 g/mol. The van der Waals surface area contributed by atoms with Crippen molar-refractivity contribution in [1.29, 1.82) is 0 Å². The van der Waals surface area contributed by atoms with Crippen molar-refractivity contribution in [2.45, 2.75) is 26.3 Å². The van der Waals surface area contributed by atoms with Gasteiger partial charge in [-0.3, -0.25) is 4.79 Å². The number of nitrogens with one attached hydrogen (secondary N) is 2. The van der Waals surface area contributed by atoms with E-state index in [1.165, 1.54) is 5.56 Å². The Kier molecular flexibility index (Phi) is 6.19. The molecule has 5 nitrogen and oxygen atoms in total. The average Bonchev–Trinajstić information content (AvgIpc) is 2.88. The minimum atomic E-state index is 0. The van der Waals surface area contributed by atoms with Gasteiger partial charge in [-0.25, -0.2) is 4.68 Å². The van der Waals surface area contributed by atoms with Gasteiger partial charge < -0.3 is 10.6 Å². The van der Waals surface area contributed by atoms with Gasteiger partial charge in [0.15, 0.2) is 0 Å². The molecule has 1 fully saturated rings. The summed E-state index contributed by atoms with van der Waals surface area (Å²) in [6, 6.07) is 12.1. The summed E-state index contributed by atoms with van der Waals surface area (Å²) in [4.78, 5) is 12.4. The molecule has 2 aromatic rings. The zero-order valence-corrected chi connectivity index (χ0v) is 14.1. The van der Waals surface area contributed by atoms with Gasteiger partial charge >= 0.3 is 0 Å². The molecule has 1 saturated heterocycles. The molecule has 2 heterocycles. The minimum Gasteiger partial charge on any atom is -0.316 e. The van der Waals surface area contributed by atoms with E-state index in [0.29, 0.717) is 6.54 Å². The zero-order chi connectivity index (χ0) is 15.4. The summed E-state index contributed by atoms with van der Waals surface area (Å²) < 4.78 is 1.86. The molecule has 1 aromatic heterocycles. The number of piperidine rings is 1. The topological polar surface area (TPSA) is 59.0 Å². The van der Waals surface area contributed by atoms with Gasteiger partial charge in [-0.2, -0.15) is 5.10 Å². The molecular formula is C17H23ClN4O. The van der Waals surface area contributed by atoms with Crippen LogP contribution in [0.4, 0.5) is 5.82 Å². The highest BCUT2D eigenvalue weighted by atomic mass is 35.5. The van der Waals surface area contributed by atoms with Gasteiger partial charge in [-0.1, -0.05) is 30.3 Å². The molecule has 124 valence electrons. The number of rotatable bonds is 4. The maximum atomic E-state index is 12.4. The molecule has 2 N–H and O–H groups in total. The normalized spacial score (nSPS) is 17.3. The summed E-state index contributed by atoms with van der Waals surface area (Å²) in [7, 11) is 0. The lowest BCUT2D eigenvalue weighted by Crippen LogP contribution is -2.37. The number of hydrogen-bond acceptors (Lipinski definition) is 3. The molecule has 23 heavy (non-hydrogen) atoms. The van der Waals surface area contributed by atoms with E-state index >= 15 is 0 Å². The SMILES string of the molecule is Cc1cc(NC(=O)C2CCCNC2)n(Cc2ccccc2)n1.Cl. The van der Waals surface area contributed by atoms with Crippen molar-refractivity contribution in [2.75, 3.05) is 18.4 Å². The zero-order valence-electron chi connectivity index (χ0n) is 13.3. The summed E-state index contributed by atoms with van der Waals surface area (Å²) in [6.45, 7) is 4.37. The van der Waals surface area contributed by atoms with E-state index in [1.54, 1.807) is 0 Å². The van der Waals surface area contributed by atoms with Gasteiger partial charge in [-0.05, 0) is 31.9 Å². The first-order valence-corrected chi connectivity index (χ1v) is 7.82. The third kappa shape index (κ3) is 4.56. The minimum absolute atomic E-state index is 0. The second-order valence-electron chi connectivity index (χ2n) is 5.85. The number of anilines is 1. The molecule has 1 unspecified atom stereocenters. The standard InChI is InChI=1S/C17H22N4O.ClH/c1-13-10-16(19-17(22)15-8-5-9-18-11-15)21(20-13)12-14-6-3-2-4-7-14;/h2-4,6-7,10,15,18H,5,8-9,11-12H2,1H3,(H,19,22);1H. The number of carbonyl (C=O) groups is 1. The van der Waals surface area contributed by atoms with E-state index in [-0.39, 0.29) is 24.2 Å². The van der Waals surface area contributed by atoms with Crippen LogP contribution in [0.25, 0.3) is 0 Å². The maximum Gasteiger partial charge on any atom is 0.229 e. The predicted molar refractivity (Wildman–Crippen MR) is 94.0 cm³/mol. The largest absolute Gasteiger partial charge is 0.316 e. The Morgan fingerprint density at radius 2 is 2.17 bits per heavy atom. The van der Waals surface area contributed by atoms with Crippen LogP contribution in [0.3, 0.4) is 0 Å². The van der Waals surface area contributed by atoms with Crippen LogP contribution in [0.5, 0.6) is 0 Å². The summed E-state index contributed by atoms with van der Waals surface area (Å²) >= 11 is 0. The fourth-order valence-electron chi connectivity index (χ4n) is 2.83. The summed E-state index contributed by atoms with van der Waals surface area (Å²) in [5.74, 6) is 0.910. The smallest absolute Gasteiger partial charge is 0.229 e. The van der Waals surface area contributed by atoms with Crippen LogP contribution in [0.15, 0.2) is 36.4 Å². The lowest BCUT2D eigenvalue weighted by molar-refractivity contribution is -0.120. The molecule has 0 bridgehead atoms. The van der Waals surface area contributed by atoms with Gasteiger partial charge in [0.25, 0.3) is 0 Å². The molecule has 0 saturated carbocycles. The predicted octanol–water partition coefficient (Wildman–Crippen LogP) is 2.60. The Balaban J connectivity index is 0.00000192. The molecule has 3 rings (SSSR count). The van der Waals surface area contributed by atoms with E-state index < -0.39 is 0 Å². The number of nitrogens with zero attached hydrogens (tertiary/aromatic N) is 2. The quantitative estimate of drug-likeness (QED) is 0.903. The number of aryl methyl sites for hydroxylation is 1. The highest BCUT2D eigenvalue weighted by Crippen LogP contribution is 2.16. The van der Waals surface area contributed by atoms with E-state index in [4.69, 9.17) is 0 Å². The number of carbonyl (C=O) groups excluding carboxylic acids is 1. The van der Waals surface area contributed by atoms with Crippen LogP contribution in [-0.2, 0) is 11.3 Å². The average molecular weight is 335 g/mol. The van der Waals surface area contributed by atoms with Gasteiger partial charge in [0.2, 0.25) is 5.91 Å². The molecule has 1 atom stereocenters. The number of amides is 1. The van der Waals surface area contributed by atoms with Crippen LogP contribution in [-0.4, -0.2) is 28.8 Å². The van der Waals surface area contributed by atoms with Crippen molar-refractivity contribution < 1.29 is 4.79 Å². The Morgan fingerprint density at radius 1 is 1.39 bits per heavy atom. The van der Waals surface area contributed by atoms with E-state index in [9.17, 15) is 4.79 Å². The number of halogens is 1. The van der Waals surface area contributed by atoms with Crippen molar-refractivity contribution in [3.05, 3.63) is 47.7 Å². The van der Waals surface area contributed by atoms with E-state index in [1.807, 2.05) is 35.9 Å². The highest BCUT2D eigenvalue weighted by molar-refractivity contribution is 5.92. The first-order chi connectivity index (χ1) is 10.7. The van der Waals surface area contributed by atoms with Crippen molar-refractivity contribution in [2.24, 2.45) is 5.92 Å². The lowest BCUT2D eigenvalue weighted by Gasteiger charge is -2.22. The van der Waals surface area contributed by atoms with E-state index in [2.05, 4.69) is 27.9 Å². The Morgan fingerprint density at radius 3 is 2.87 bits per heavy atom. The summed E-state index contributed by atoms with van der Waals surface area (Å²) in [5, 5.41) is 10.8. The van der Waals surface area contributed by atoms with Gasteiger partial charge in [-0.15, -0.1) is 12.4 Å². The second-order valence-corrected chi connectivity index (χ2v) is 5.85. The molecule has 1 aliphatic rings. The van der Waals surface area contributed by atoms with E-state index in [0.717, 1.165) is 37.4 Å². The van der Waals surface area contributed by atoms with Crippen LogP contribution in [0, 0.1) is 12.8 Å². The third-order valence-electron chi connectivity index (χ3n) is 4.00. The fourth-order valence-corrected chi connectivity index (χ4v) is 2.83. The maximum absolute atomic E-state index is 12.4. The molecule has 0 spiro atoms.